The van der Waals surface area contributed by atoms with Crippen LogP contribution in [0.3, 0.4) is 0 Å². The highest BCUT2D eigenvalue weighted by Gasteiger charge is 2.10. The molecule has 1 aromatic heterocycles. The summed E-state index contributed by atoms with van der Waals surface area (Å²) in [6.07, 6.45) is 0.678. The van der Waals surface area contributed by atoms with E-state index < -0.39 is 5.97 Å². The maximum Gasteiger partial charge on any atom is 0.337 e. The summed E-state index contributed by atoms with van der Waals surface area (Å²) in [6, 6.07) is 4.83. The van der Waals surface area contributed by atoms with E-state index in [1.165, 1.54) is 7.11 Å². The molecule has 17 heavy (non-hydrogen) atoms. The number of esters is 1. The minimum absolute atomic E-state index is 0.256. The van der Waals surface area contributed by atoms with Crippen molar-refractivity contribution >= 4 is 16.7 Å². The van der Waals surface area contributed by atoms with Crippen molar-refractivity contribution in [2.24, 2.45) is 0 Å². The van der Waals surface area contributed by atoms with Gasteiger partial charge in [-0.15, -0.1) is 0 Å². The highest BCUT2D eigenvalue weighted by Crippen LogP contribution is 2.16. The normalized spacial score (nSPS) is 10.5. The van der Waals surface area contributed by atoms with E-state index in [0.717, 1.165) is 5.69 Å². The van der Waals surface area contributed by atoms with Crippen LogP contribution in [0.1, 0.15) is 23.0 Å². The fraction of sp³-hybridized carbons (Fsp3) is 0.250. The molecule has 5 nitrogen and oxygen atoms in total. The van der Waals surface area contributed by atoms with E-state index in [9.17, 15) is 9.59 Å². The van der Waals surface area contributed by atoms with Gasteiger partial charge in [0.25, 0.3) is 5.56 Å². The SMILES string of the molecule is CCc1n[nH]c(=O)c2ccc(C(=O)OC)cc12. The molecule has 0 aliphatic carbocycles. The van der Waals surface area contributed by atoms with E-state index in [1.54, 1.807) is 18.2 Å². The quantitative estimate of drug-likeness (QED) is 0.791. The predicted octanol–water partition coefficient (Wildman–Crippen LogP) is 1.27. The molecule has 1 N–H and O–H groups in total. The van der Waals surface area contributed by atoms with Gasteiger partial charge >= 0.3 is 5.97 Å². The number of hydrogen-bond acceptors (Lipinski definition) is 4. The molecule has 0 fully saturated rings. The van der Waals surface area contributed by atoms with Crippen molar-refractivity contribution < 1.29 is 9.53 Å². The number of carbonyl (C=O) groups is 1. The van der Waals surface area contributed by atoms with Crippen molar-refractivity contribution in [2.75, 3.05) is 7.11 Å². The topological polar surface area (TPSA) is 72.0 Å². The van der Waals surface area contributed by atoms with Crippen LogP contribution in [0.4, 0.5) is 0 Å². The summed E-state index contributed by atoms with van der Waals surface area (Å²) in [6.45, 7) is 1.94. The zero-order chi connectivity index (χ0) is 12.4. The summed E-state index contributed by atoms with van der Waals surface area (Å²) in [5.74, 6) is -0.422. The monoisotopic (exact) mass is 232 g/mol. The first-order valence-electron chi connectivity index (χ1n) is 5.27. The number of rotatable bonds is 2. The van der Waals surface area contributed by atoms with Gasteiger partial charge in [0, 0.05) is 5.39 Å². The lowest BCUT2D eigenvalue weighted by atomic mass is 10.1. The summed E-state index contributed by atoms with van der Waals surface area (Å²) in [4.78, 5) is 23.0. The molecule has 0 atom stereocenters. The van der Waals surface area contributed by atoms with Gasteiger partial charge in [-0.2, -0.15) is 5.10 Å². The molecule has 1 aromatic carbocycles. The molecule has 88 valence electrons. The molecule has 0 aliphatic heterocycles. The highest BCUT2D eigenvalue weighted by atomic mass is 16.5. The van der Waals surface area contributed by atoms with Crippen molar-refractivity contribution in [1.82, 2.24) is 10.2 Å². The van der Waals surface area contributed by atoms with E-state index in [-0.39, 0.29) is 5.56 Å². The number of carbonyl (C=O) groups excluding carboxylic acids is 1. The molecule has 0 saturated carbocycles. The van der Waals surface area contributed by atoms with Crippen LogP contribution in [-0.2, 0) is 11.2 Å². The van der Waals surface area contributed by atoms with Gasteiger partial charge in [-0.25, -0.2) is 9.89 Å². The van der Waals surface area contributed by atoms with E-state index in [4.69, 9.17) is 0 Å². The molecule has 2 rings (SSSR count). The Morgan fingerprint density at radius 2 is 2.18 bits per heavy atom. The van der Waals surface area contributed by atoms with Crippen molar-refractivity contribution in [3.05, 3.63) is 39.8 Å². The summed E-state index contributed by atoms with van der Waals surface area (Å²) in [5, 5.41) is 7.62. The average Bonchev–Trinajstić information content (AvgIpc) is 2.38. The third-order valence-electron chi connectivity index (χ3n) is 2.62. The van der Waals surface area contributed by atoms with E-state index >= 15 is 0 Å². The average molecular weight is 232 g/mol. The number of hydrogen-bond donors (Lipinski definition) is 1. The summed E-state index contributed by atoms with van der Waals surface area (Å²) in [7, 11) is 1.32. The molecular formula is C12H12N2O3. The number of nitrogens with zero attached hydrogens (tertiary/aromatic N) is 1. The zero-order valence-electron chi connectivity index (χ0n) is 9.61. The Labute approximate surface area is 97.4 Å². The number of nitrogens with one attached hydrogen (secondary N) is 1. The molecule has 0 aliphatic rings. The van der Waals surface area contributed by atoms with Gasteiger partial charge in [0.1, 0.15) is 0 Å². The number of ether oxygens (including phenoxy) is 1. The lowest BCUT2D eigenvalue weighted by molar-refractivity contribution is 0.0601. The van der Waals surface area contributed by atoms with Crippen LogP contribution in [-0.4, -0.2) is 23.3 Å². The van der Waals surface area contributed by atoms with Gasteiger partial charge in [0.05, 0.1) is 23.8 Å². The van der Waals surface area contributed by atoms with Crippen LogP contribution in [0, 0.1) is 0 Å². The Morgan fingerprint density at radius 3 is 2.82 bits per heavy atom. The summed E-state index contributed by atoms with van der Waals surface area (Å²) in [5.41, 5.74) is 0.918. The standard InChI is InChI=1S/C12H12N2O3/c1-3-10-9-6-7(12(16)17-2)4-5-8(9)11(15)14-13-10/h4-6H,3H2,1-2H3,(H,14,15). The van der Waals surface area contributed by atoms with Gasteiger partial charge in [0.15, 0.2) is 0 Å². The minimum Gasteiger partial charge on any atom is -0.465 e. The molecule has 0 unspecified atom stereocenters. The van der Waals surface area contributed by atoms with Crippen LogP contribution in [0.25, 0.3) is 10.8 Å². The predicted molar refractivity (Wildman–Crippen MR) is 63.1 cm³/mol. The molecular weight excluding hydrogens is 220 g/mol. The van der Waals surface area contributed by atoms with Crippen LogP contribution in [0.5, 0.6) is 0 Å². The smallest absolute Gasteiger partial charge is 0.337 e. The van der Waals surface area contributed by atoms with Gasteiger partial charge in [-0.3, -0.25) is 4.79 Å². The number of fused-ring (bicyclic) bond motifs is 1. The Kier molecular flexibility index (Phi) is 2.91. The van der Waals surface area contributed by atoms with Crippen LogP contribution in [0.2, 0.25) is 0 Å². The van der Waals surface area contributed by atoms with Crippen molar-refractivity contribution in [3.63, 3.8) is 0 Å². The van der Waals surface area contributed by atoms with E-state index in [1.807, 2.05) is 6.92 Å². The van der Waals surface area contributed by atoms with Gasteiger partial charge in [0.2, 0.25) is 0 Å². The first kappa shape index (κ1) is 11.3. The van der Waals surface area contributed by atoms with E-state index in [0.29, 0.717) is 22.8 Å². The molecule has 1 heterocycles. The maximum absolute atomic E-state index is 11.6. The second-order valence-corrected chi connectivity index (χ2v) is 3.60. The second kappa shape index (κ2) is 4.37. The number of benzene rings is 1. The van der Waals surface area contributed by atoms with Gasteiger partial charge in [-0.1, -0.05) is 6.92 Å². The zero-order valence-corrected chi connectivity index (χ0v) is 9.61. The molecule has 0 saturated heterocycles. The highest BCUT2D eigenvalue weighted by molar-refractivity contribution is 5.95. The van der Waals surface area contributed by atoms with Crippen molar-refractivity contribution in [2.45, 2.75) is 13.3 Å². The number of aromatic nitrogens is 2. The molecule has 0 bridgehead atoms. The molecule has 0 amide bonds. The third-order valence-corrected chi connectivity index (χ3v) is 2.62. The number of aryl methyl sites for hydroxylation is 1. The van der Waals surface area contributed by atoms with Crippen molar-refractivity contribution in [3.8, 4) is 0 Å². The Bertz CT molecular complexity index is 631. The van der Waals surface area contributed by atoms with Crippen LogP contribution >= 0.6 is 0 Å². The maximum atomic E-state index is 11.6. The lowest BCUT2D eigenvalue weighted by Gasteiger charge is -2.04. The third kappa shape index (κ3) is 1.91. The molecule has 0 spiro atoms. The Balaban J connectivity index is 2.75. The number of H-pyrrole nitrogens is 1. The van der Waals surface area contributed by atoms with Gasteiger partial charge < -0.3 is 4.74 Å². The van der Waals surface area contributed by atoms with Crippen molar-refractivity contribution in [1.29, 1.82) is 0 Å². The summed E-state index contributed by atoms with van der Waals surface area (Å²) >= 11 is 0. The van der Waals surface area contributed by atoms with E-state index in [2.05, 4.69) is 14.9 Å². The number of aromatic amines is 1. The Hall–Kier alpha value is -2.17. The Morgan fingerprint density at radius 1 is 1.41 bits per heavy atom. The molecule has 5 heteroatoms. The molecule has 2 aromatic rings. The number of methoxy groups -OCH3 is 1. The summed E-state index contributed by atoms with van der Waals surface area (Å²) < 4.78 is 4.64. The largest absolute Gasteiger partial charge is 0.465 e. The first-order valence-corrected chi connectivity index (χ1v) is 5.27. The van der Waals surface area contributed by atoms with Crippen LogP contribution < -0.4 is 5.56 Å². The lowest BCUT2D eigenvalue weighted by Crippen LogP contribution is -2.11. The first-order chi connectivity index (χ1) is 8.17. The molecule has 0 radical (unpaired) electrons. The fourth-order valence-corrected chi connectivity index (χ4v) is 1.73. The minimum atomic E-state index is -0.422. The second-order valence-electron chi connectivity index (χ2n) is 3.60. The van der Waals surface area contributed by atoms with Gasteiger partial charge in [-0.05, 0) is 24.6 Å². The fourth-order valence-electron chi connectivity index (χ4n) is 1.73. The van der Waals surface area contributed by atoms with Crippen LogP contribution in [0.15, 0.2) is 23.0 Å².